The largest absolute Gasteiger partial charge is 0.341 e. The summed E-state index contributed by atoms with van der Waals surface area (Å²) in [6.45, 7) is 4.54. The van der Waals surface area contributed by atoms with Crippen LogP contribution in [-0.2, 0) is 19.5 Å². The number of nitrogens with two attached hydrogens (primary N) is 1. The van der Waals surface area contributed by atoms with Crippen molar-refractivity contribution in [2.24, 2.45) is 5.73 Å². The summed E-state index contributed by atoms with van der Waals surface area (Å²) in [6, 6.07) is 12.1. The van der Waals surface area contributed by atoms with Crippen molar-refractivity contribution in [3.05, 3.63) is 52.1 Å². The summed E-state index contributed by atoms with van der Waals surface area (Å²) in [4.78, 5) is 24.5. The highest BCUT2D eigenvalue weighted by molar-refractivity contribution is 5.74. The van der Waals surface area contributed by atoms with Crippen LogP contribution in [0.25, 0.3) is 11.2 Å². The molecule has 4 rings (SSSR count). The van der Waals surface area contributed by atoms with E-state index in [9.17, 15) is 10.1 Å². The molecule has 8 heteroatoms. The highest BCUT2D eigenvalue weighted by atomic mass is 16.1. The van der Waals surface area contributed by atoms with Crippen molar-refractivity contribution in [3.8, 4) is 6.07 Å². The molecule has 1 aliphatic heterocycles. The van der Waals surface area contributed by atoms with E-state index in [1.54, 1.807) is 0 Å². The van der Waals surface area contributed by atoms with Crippen LogP contribution in [0.3, 0.4) is 0 Å². The van der Waals surface area contributed by atoms with Crippen LogP contribution >= 0.6 is 0 Å². The van der Waals surface area contributed by atoms with Crippen molar-refractivity contribution < 1.29 is 0 Å². The van der Waals surface area contributed by atoms with Gasteiger partial charge in [0, 0.05) is 32.2 Å². The van der Waals surface area contributed by atoms with Gasteiger partial charge in [-0.2, -0.15) is 15.2 Å². The maximum Gasteiger partial charge on any atom is 0.280 e. The molecule has 1 aliphatic rings. The second-order valence-electron chi connectivity index (χ2n) is 7.42. The predicted molar refractivity (Wildman–Crippen MR) is 112 cm³/mol. The first-order valence-electron chi connectivity index (χ1n) is 10.1. The number of nitrogens with zero attached hydrogens (tertiary/aromatic N) is 6. The number of hydrogen-bond donors (Lipinski definition) is 1. The highest BCUT2D eigenvalue weighted by Gasteiger charge is 2.25. The maximum absolute atomic E-state index is 13.3. The smallest absolute Gasteiger partial charge is 0.280 e. The zero-order chi connectivity index (χ0) is 20.4. The summed E-state index contributed by atoms with van der Waals surface area (Å²) < 4.78 is 3.37. The summed E-state index contributed by atoms with van der Waals surface area (Å²) in [6.07, 6.45) is 2.63. The number of anilines is 1. The third-order valence-electron chi connectivity index (χ3n) is 5.47. The van der Waals surface area contributed by atoms with E-state index in [1.807, 2.05) is 41.8 Å². The molecule has 29 heavy (non-hydrogen) atoms. The van der Waals surface area contributed by atoms with Gasteiger partial charge in [-0.05, 0) is 31.7 Å². The summed E-state index contributed by atoms with van der Waals surface area (Å²) in [5.41, 5.74) is 7.81. The quantitative estimate of drug-likeness (QED) is 0.709. The third kappa shape index (κ3) is 3.61. The van der Waals surface area contributed by atoms with Crippen LogP contribution in [0.4, 0.5) is 5.95 Å². The van der Waals surface area contributed by atoms with Gasteiger partial charge < -0.3 is 15.2 Å². The van der Waals surface area contributed by atoms with Crippen LogP contribution < -0.4 is 16.2 Å². The lowest BCUT2D eigenvalue weighted by molar-refractivity contribution is 0.494. The standard InChI is InChI=1S/C21H25N7O/c1-2-27-18-19(25-21(27)26-11-6-9-16(23)14-26)24-17(13-22)28(20(18)29)12-10-15-7-4-3-5-8-15/h3-5,7-8,16H,2,6,9-12,14,23H2,1H3. The second kappa shape index (κ2) is 8.05. The molecule has 1 saturated heterocycles. The Labute approximate surface area is 169 Å². The topological polar surface area (TPSA) is 106 Å². The third-order valence-corrected chi connectivity index (χ3v) is 5.47. The van der Waals surface area contributed by atoms with Gasteiger partial charge in [0.15, 0.2) is 11.2 Å². The van der Waals surface area contributed by atoms with Crippen molar-refractivity contribution in [2.75, 3.05) is 18.0 Å². The fraction of sp³-hybridized carbons (Fsp3) is 0.429. The lowest BCUT2D eigenvalue weighted by atomic mass is 10.1. The molecule has 0 saturated carbocycles. The number of aromatic nitrogens is 4. The fourth-order valence-electron chi connectivity index (χ4n) is 4.01. The molecule has 1 fully saturated rings. The van der Waals surface area contributed by atoms with Gasteiger partial charge in [0.1, 0.15) is 6.07 Å². The van der Waals surface area contributed by atoms with Gasteiger partial charge in [0.25, 0.3) is 5.56 Å². The van der Waals surface area contributed by atoms with E-state index < -0.39 is 0 Å². The van der Waals surface area contributed by atoms with Gasteiger partial charge in [-0.3, -0.25) is 9.36 Å². The number of piperidine rings is 1. The predicted octanol–water partition coefficient (Wildman–Crippen LogP) is 1.65. The van der Waals surface area contributed by atoms with Gasteiger partial charge in [0.05, 0.1) is 0 Å². The Morgan fingerprint density at radius 1 is 1.24 bits per heavy atom. The summed E-state index contributed by atoms with van der Waals surface area (Å²) >= 11 is 0. The molecular formula is C21H25N7O. The molecule has 0 spiro atoms. The summed E-state index contributed by atoms with van der Waals surface area (Å²) in [5, 5.41) is 9.58. The van der Waals surface area contributed by atoms with Crippen LogP contribution in [0, 0.1) is 11.3 Å². The highest BCUT2D eigenvalue weighted by Crippen LogP contribution is 2.23. The molecule has 150 valence electrons. The first-order valence-corrected chi connectivity index (χ1v) is 10.1. The molecule has 2 aromatic heterocycles. The lowest BCUT2D eigenvalue weighted by Gasteiger charge is -2.31. The number of fused-ring (bicyclic) bond motifs is 1. The zero-order valence-electron chi connectivity index (χ0n) is 16.6. The van der Waals surface area contributed by atoms with Gasteiger partial charge in [-0.1, -0.05) is 30.3 Å². The van der Waals surface area contributed by atoms with Crippen LogP contribution in [0.1, 0.15) is 31.2 Å². The fourth-order valence-corrected chi connectivity index (χ4v) is 4.01. The minimum absolute atomic E-state index is 0.0963. The van der Waals surface area contributed by atoms with E-state index in [1.165, 1.54) is 4.57 Å². The van der Waals surface area contributed by atoms with E-state index >= 15 is 0 Å². The second-order valence-corrected chi connectivity index (χ2v) is 7.42. The van der Waals surface area contributed by atoms with E-state index in [4.69, 9.17) is 5.73 Å². The Morgan fingerprint density at radius 2 is 2.03 bits per heavy atom. The van der Waals surface area contributed by atoms with Gasteiger partial charge in [0.2, 0.25) is 11.8 Å². The van der Waals surface area contributed by atoms with E-state index in [-0.39, 0.29) is 17.4 Å². The SMILES string of the molecule is CCn1c(N2CCCC(N)C2)nc2nc(C#N)n(CCc3ccccc3)c(=O)c21. The molecule has 1 unspecified atom stereocenters. The molecule has 1 aromatic carbocycles. The van der Waals surface area contributed by atoms with Crippen molar-refractivity contribution in [2.45, 2.75) is 45.3 Å². The molecule has 0 bridgehead atoms. The average molecular weight is 391 g/mol. The van der Waals surface area contributed by atoms with E-state index in [2.05, 4.69) is 20.9 Å². The van der Waals surface area contributed by atoms with Crippen LogP contribution in [-0.4, -0.2) is 38.2 Å². The molecule has 3 aromatic rings. The number of aryl methyl sites for hydroxylation is 2. The molecule has 0 radical (unpaired) electrons. The number of hydrogen-bond acceptors (Lipinski definition) is 6. The lowest BCUT2D eigenvalue weighted by Crippen LogP contribution is -2.44. The number of benzene rings is 1. The van der Waals surface area contributed by atoms with Crippen LogP contribution in [0.5, 0.6) is 0 Å². The first-order chi connectivity index (χ1) is 14.1. The maximum atomic E-state index is 13.3. The van der Waals surface area contributed by atoms with Crippen molar-refractivity contribution in [3.63, 3.8) is 0 Å². The minimum Gasteiger partial charge on any atom is -0.341 e. The minimum atomic E-state index is -0.218. The van der Waals surface area contributed by atoms with Crippen molar-refractivity contribution in [1.29, 1.82) is 5.26 Å². The van der Waals surface area contributed by atoms with Gasteiger partial charge in [-0.25, -0.2) is 0 Å². The Morgan fingerprint density at radius 3 is 2.72 bits per heavy atom. The first kappa shape index (κ1) is 19.2. The number of rotatable bonds is 5. The molecular weight excluding hydrogens is 366 g/mol. The Balaban J connectivity index is 1.78. The van der Waals surface area contributed by atoms with E-state index in [0.29, 0.717) is 43.2 Å². The molecule has 1 atom stereocenters. The van der Waals surface area contributed by atoms with Crippen LogP contribution in [0.15, 0.2) is 35.1 Å². The molecule has 8 nitrogen and oxygen atoms in total. The number of nitriles is 1. The van der Waals surface area contributed by atoms with Crippen molar-refractivity contribution in [1.82, 2.24) is 19.1 Å². The molecule has 2 N–H and O–H groups in total. The van der Waals surface area contributed by atoms with Crippen molar-refractivity contribution >= 4 is 17.1 Å². The zero-order valence-corrected chi connectivity index (χ0v) is 16.6. The van der Waals surface area contributed by atoms with E-state index in [0.717, 1.165) is 24.9 Å². The Bertz CT molecular complexity index is 1110. The Hall–Kier alpha value is -3.18. The van der Waals surface area contributed by atoms with Crippen LogP contribution in [0.2, 0.25) is 0 Å². The Kier molecular flexibility index (Phi) is 5.32. The van der Waals surface area contributed by atoms with Gasteiger partial charge >= 0.3 is 0 Å². The normalized spacial score (nSPS) is 16.9. The number of imidazole rings is 1. The average Bonchev–Trinajstić information content (AvgIpc) is 3.12. The molecule has 3 heterocycles. The molecule has 0 aliphatic carbocycles. The monoisotopic (exact) mass is 391 g/mol. The van der Waals surface area contributed by atoms with Gasteiger partial charge in [-0.15, -0.1) is 0 Å². The molecule has 0 amide bonds. The summed E-state index contributed by atoms with van der Waals surface area (Å²) in [7, 11) is 0. The summed E-state index contributed by atoms with van der Waals surface area (Å²) in [5.74, 6) is 0.813.